The smallest absolute Gasteiger partial charge is 0.199 e. The Bertz CT molecular complexity index is 795. The van der Waals surface area contributed by atoms with Crippen molar-refractivity contribution in [1.29, 1.82) is 0 Å². The van der Waals surface area contributed by atoms with Crippen LogP contribution in [0.15, 0.2) is 30.3 Å². The Morgan fingerprint density at radius 3 is 1.81 bits per heavy atom. The molecule has 2 N–H and O–H groups in total. The number of aliphatic hydroxyl groups is 2. The summed E-state index contributed by atoms with van der Waals surface area (Å²) in [4.78, 5) is 0. The number of ether oxygens (including phenoxy) is 1. The van der Waals surface area contributed by atoms with E-state index >= 15 is 0 Å². The van der Waals surface area contributed by atoms with Gasteiger partial charge in [-0.3, -0.25) is 0 Å². The van der Waals surface area contributed by atoms with Crippen LogP contribution < -0.4 is 5.19 Å². The summed E-state index contributed by atoms with van der Waals surface area (Å²) in [5, 5.41) is 21.2. The Morgan fingerprint density at radius 1 is 0.861 bits per heavy atom. The monoisotopic (exact) mass is 538 g/mol. The van der Waals surface area contributed by atoms with E-state index in [4.69, 9.17) is 9.16 Å². The molecular formula is C30H58O4Si2. The summed E-state index contributed by atoms with van der Waals surface area (Å²) >= 11 is 0. The van der Waals surface area contributed by atoms with Gasteiger partial charge in [0.15, 0.2) is 8.32 Å². The second kappa shape index (κ2) is 12.1. The van der Waals surface area contributed by atoms with Crippen molar-refractivity contribution in [3.8, 4) is 0 Å². The predicted molar refractivity (Wildman–Crippen MR) is 160 cm³/mol. The Kier molecular flexibility index (Phi) is 11.3. The Morgan fingerprint density at radius 2 is 1.39 bits per heavy atom. The molecule has 0 heterocycles. The highest BCUT2D eigenvalue weighted by Crippen LogP contribution is 2.68. The average molecular weight is 539 g/mol. The number of benzene rings is 1. The normalized spacial score (nSPS) is 18.9. The Labute approximate surface area is 225 Å². The van der Waals surface area contributed by atoms with Crippen LogP contribution in [0.25, 0.3) is 0 Å². The second-order valence-electron chi connectivity index (χ2n) is 14.0. The van der Waals surface area contributed by atoms with Gasteiger partial charge in [-0.15, -0.1) is 0 Å². The molecule has 0 aliphatic rings. The van der Waals surface area contributed by atoms with Crippen molar-refractivity contribution in [2.75, 3.05) is 13.2 Å². The molecule has 0 bridgehead atoms. The van der Waals surface area contributed by atoms with Crippen molar-refractivity contribution in [2.45, 2.75) is 141 Å². The highest BCUT2D eigenvalue weighted by atomic mass is 28.4. The van der Waals surface area contributed by atoms with Crippen LogP contribution in [-0.2, 0) is 9.16 Å². The largest absolute Gasteiger partial charge is 0.412 e. The molecule has 1 rings (SSSR count). The topological polar surface area (TPSA) is 58.9 Å². The zero-order valence-electron chi connectivity index (χ0n) is 25.8. The van der Waals surface area contributed by atoms with Crippen LogP contribution in [0.1, 0.15) is 89.5 Å². The molecule has 0 saturated heterocycles. The van der Waals surface area contributed by atoms with Gasteiger partial charge in [-0.2, -0.15) is 0 Å². The van der Waals surface area contributed by atoms with Gasteiger partial charge in [0, 0.05) is 12.2 Å². The summed E-state index contributed by atoms with van der Waals surface area (Å²) in [6.07, 6.45) is -0.735. The minimum Gasteiger partial charge on any atom is -0.412 e. The van der Waals surface area contributed by atoms with Gasteiger partial charge in [0.2, 0.25) is 0 Å². The van der Waals surface area contributed by atoms with E-state index in [1.165, 1.54) is 5.19 Å². The van der Waals surface area contributed by atoms with Crippen molar-refractivity contribution in [3.05, 3.63) is 30.3 Å². The summed E-state index contributed by atoms with van der Waals surface area (Å²) in [5.74, 6) is 0. The SMILES string of the molecule is CC[Si](CCCOCC(O)C(C)O)(OC(C)(C)C)C(C)(C)C(C)(C)[Si](C)(c1ccccc1)C(C)(C)C. The second-order valence-corrected chi connectivity index (χ2v) is 24.3. The van der Waals surface area contributed by atoms with Crippen molar-refractivity contribution in [1.82, 2.24) is 0 Å². The first-order valence-electron chi connectivity index (χ1n) is 13.9. The zero-order valence-corrected chi connectivity index (χ0v) is 27.8. The molecule has 6 heteroatoms. The highest BCUT2D eigenvalue weighted by molar-refractivity contribution is 6.97. The molecule has 0 amide bonds. The van der Waals surface area contributed by atoms with Crippen LogP contribution in [0, 0.1) is 0 Å². The molecule has 36 heavy (non-hydrogen) atoms. The van der Waals surface area contributed by atoms with Gasteiger partial charge in [0.05, 0.1) is 20.8 Å². The molecule has 0 radical (unpaired) electrons. The van der Waals surface area contributed by atoms with Crippen molar-refractivity contribution in [2.24, 2.45) is 0 Å². The summed E-state index contributed by atoms with van der Waals surface area (Å²) in [5.41, 5.74) is -0.231. The van der Waals surface area contributed by atoms with Crippen LogP contribution in [0.4, 0.5) is 0 Å². The molecule has 4 nitrogen and oxygen atoms in total. The first-order chi connectivity index (χ1) is 16.2. The lowest BCUT2D eigenvalue weighted by Gasteiger charge is -2.63. The molecule has 1 aromatic carbocycles. The third-order valence-electron chi connectivity index (χ3n) is 9.59. The third kappa shape index (κ3) is 6.92. The van der Waals surface area contributed by atoms with Crippen LogP contribution >= 0.6 is 0 Å². The van der Waals surface area contributed by atoms with Gasteiger partial charge >= 0.3 is 0 Å². The van der Waals surface area contributed by atoms with Gasteiger partial charge in [0.1, 0.15) is 6.10 Å². The molecule has 1 aromatic rings. The van der Waals surface area contributed by atoms with Crippen molar-refractivity contribution < 1.29 is 19.4 Å². The molecule has 0 fully saturated rings. The lowest BCUT2D eigenvalue weighted by molar-refractivity contribution is -0.0304. The lowest BCUT2D eigenvalue weighted by atomic mass is 9.97. The molecule has 0 aliphatic carbocycles. The van der Waals surface area contributed by atoms with E-state index < -0.39 is 28.6 Å². The van der Waals surface area contributed by atoms with E-state index in [1.54, 1.807) is 6.92 Å². The minimum atomic E-state index is -2.35. The molecule has 0 saturated carbocycles. The minimum absolute atomic E-state index is 0.0226. The Hall–Kier alpha value is -0.506. The summed E-state index contributed by atoms with van der Waals surface area (Å²) in [6, 6.07) is 13.3. The lowest BCUT2D eigenvalue weighted by Crippen LogP contribution is -2.67. The molecule has 210 valence electrons. The molecule has 4 unspecified atom stereocenters. The molecule has 0 aliphatic heterocycles. The van der Waals surface area contributed by atoms with Crippen LogP contribution in [0.3, 0.4) is 0 Å². The zero-order chi connectivity index (χ0) is 28.2. The third-order valence-corrected chi connectivity index (χ3v) is 23.7. The van der Waals surface area contributed by atoms with E-state index in [9.17, 15) is 10.2 Å². The fourth-order valence-corrected chi connectivity index (χ4v) is 18.7. The number of hydrogen-bond donors (Lipinski definition) is 2. The van der Waals surface area contributed by atoms with E-state index in [0.717, 1.165) is 18.5 Å². The maximum Gasteiger partial charge on any atom is 0.199 e. The van der Waals surface area contributed by atoms with Gasteiger partial charge < -0.3 is 19.4 Å². The first-order valence-corrected chi connectivity index (χ1v) is 18.7. The number of aliphatic hydroxyl groups excluding tert-OH is 2. The van der Waals surface area contributed by atoms with Gasteiger partial charge in [-0.05, 0) is 61.3 Å². The van der Waals surface area contributed by atoms with E-state index in [0.29, 0.717) is 6.61 Å². The fraction of sp³-hybridized carbons (Fsp3) is 0.800. The molecular weight excluding hydrogens is 480 g/mol. The highest BCUT2D eigenvalue weighted by Gasteiger charge is 2.65. The number of hydrogen-bond acceptors (Lipinski definition) is 4. The van der Waals surface area contributed by atoms with Crippen LogP contribution in [0.2, 0.25) is 33.7 Å². The standard InChI is InChI=1S/C30H58O4Si2/c1-14-36(34-27(3,4)5,22-18-21-33-23-26(32)24(2)31)30(11,12)29(9,10)35(13,28(6,7)8)25-19-16-15-17-20-25/h15-17,19-20,24,26,31-32H,14,18,21-23H2,1-13H3. The maximum absolute atomic E-state index is 9.91. The van der Waals surface area contributed by atoms with Gasteiger partial charge in [-0.25, -0.2) is 0 Å². The van der Waals surface area contributed by atoms with Crippen LogP contribution in [-0.4, -0.2) is 57.6 Å². The summed E-state index contributed by atoms with van der Waals surface area (Å²) < 4.78 is 13.0. The molecule has 0 aromatic heterocycles. The summed E-state index contributed by atoms with van der Waals surface area (Å²) in [7, 11) is -4.46. The summed E-state index contributed by atoms with van der Waals surface area (Å²) in [6.45, 7) is 31.2. The average Bonchev–Trinajstić information content (AvgIpc) is 2.75. The van der Waals surface area contributed by atoms with Crippen molar-refractivity contribution >= 4 is 21.6 Å². The van der Waals surface area contributed by atoms with Gasteiger partial charge in [-0.1, -0.05) is 97.5 Å². The quantitative estimate of drug-likeness (QED) is 0.205. The fourth-order valence-electron chi connectivity index (χ4n) is 6.27. The van der Waals surface area contributed by atoms with E-state index in [2.05, 4.69) is 113 Å². The maximum atomic E-state index is 9.91. The number of rotatable bonds is 13. The van der Waals surface area contributed by atoms with E-state index in [1.807, 2.05) is 0 Å². The molecule has 0 spiro atoms. The predicted octanol–water partition coefficient (Wildman–Crippen LogP) is 7.26. The first kappa shape index (κ1) is 33.5. The van der Waals surface area contributed by atoms with Crippen molar-refractivity contribution in [3.63, 3.8) is 0 Å². The molecule has 4 atom stereocenters. The Balaban J connectivity index is 3.51. The van der Waals surface area contributed by atoms with Crippen LogP contribution in [0.5, 0.6) is 0 Å². The van der Waals surface area contributed by atoms with E-state index in [-0.39, 0.29) is 27.3 Å². The van der Waals surface area contributed by atoms with Gasteiger partial charge in [0.25, 0.3) is 0 Å².